The van der Waals surface area contributed by atoms with Gasteiger partial charge in [-0.15, -0.1) is 0 Å². The van der Waals surface area contributed by atoms with Gasteiger partial charge in [0.05, 0.1) is 24.1 Å². The van der Waals surface area contributed by atoms with E-state index in [9.17, 15) is 19.5 Å². The molecule has 1 aliphatic carbocycles. The number of hydrogen-bond donors (Lipinski definition) is 2. The molecule has 30 heavy (non-hydrogen) atoms. The lowest BCUT2D eigenvalue weighted by molar-refractivity contribution is -0.121. The third kappa shape index (κ3) is 2.72. The fraction of sp³-hybridized carbons (Fsp3) is 0.476. The molecule has 8 nitrogen and oxygen atoms in total. The number of ether oxygens (including phenoxy) is 1. The molecule has 5 rings (SSSR count). The summed E-state index contributed by atoms with van der Waals surface area (Å²) in [7, 11) is 1.41. The molecule has 0 bridgehead atoms. The summed E-state index contributed by atoms with van der Waals surface area (Å²) in [4.78, 5) is 38.9. The molecule has 2 N–H and O–H groups in total. The van der Waals surface area contributed by atoms with Crippen molar-refractivity contribution in [3.05, 3.63) is 33.9 Å². The maximum atomic E-state index is 15.3. The highest BCUT2D eigenvalue weighted by molar-refractivity contribution is 6.04. The second-order valence-electron chi connectivity index (χ2n) is 8.21. The first-order chi connectivity index (χ1) is 14.4. The third-order valence-corrected chi connectivity index (χ3v) is 6.40. The highest BCUT2D eigenvalue weighted by atomic mass is 19.1. The number of fused-ring (bicyclic) bond motifs is 2. The van der Waals surface area contributed by atoms with E-state index in [1.54, 1.807) is 4.57 Å². The van der Waals surface area contributed by atoms with Gasteiger partial charge in [0.15, 0.2) is 5.75 Å². The summed E-state index contributed by atoms with van der Waals surface area (Å²) in [5.74, 6) is -2.28. The summed E-state index contributed by atoms with van der Waals surface area (Å²) in [6.45, 7) is 1.23. The van der Waals surface area contributed by atoms with Crippen molar-refractivity contribution in [3.8, 4) is 5.75 Å². The zero-order chi connectivity index (χ0) is 21.2. The van der Waals surface area contributed by atoms with Crippen molar-refractivity contribution in [2.24, 2.45) is 5.92 Å². The van der Waals surface area contributed by atoms with Crippen LogP contribution >= 0.6 is 0 Å². The Kier molecular flexibility index (Phi) is 4.32. The SMILES string of the molecule is COc1c(N2C[C@@H]3NCCC[C@@H]3C2=O)cc(F)c2c(=O)c(C(=O)O)cn(C3CC3)c12. The number of methoxy groups -OCH3 is 1. The number of aromatic carboxylic acids is 1. The number of rotatable bonds is 4. The van der Waals surface area contributed by atoms with Crippen molar-refractivity contribution in [2.45, 2.75) is 37.8 Å². The van der Waals surface area contributed by atoms with Crippen LogP contribution < -0.4 is 20.4 Å². The van der Waals surface area contributed by atoms with E-state index in [4.69, 9.17) is 4.74 Å². The summed E-state index contributed by atoms with van der Waals surface area (Å²) in [6.07, 6.45) is 4.54. The highest BCUT2D eigenvalue weighted by Crippen LogP contribution is 2.44. The minimum atomic E-state index is -1.40. The highest BCUT2D eigenvalue weighted by Gasteiger charge is 2.43. The Bertz CT molecular complexity index is 1140. The number of anilines is 1. The Morgan fingerprint density at radius 3 is 2.70 bits per heavy atom. The topological polar surface area (TPSA) is 101 Å². The lowest BCUT2D eigenvalue weighted by atomic mass is 9.94. The number of hydrogen-bond acceptors (Lipinski definition) is 5. The van der Waals surface area contributed by atoms with Gasteiger partial charge in [-0.25, -0.2) is 9.18 Å². The van der Waals surface area contributed by atoms with E-state index < -0.39 is 22.8 Å². The summed E-state index contributed by atoms with van der Waals surface area (Å²) >= 11 is 0. The molecule has 9 heteroatoms. The largest absolute Gasteiger partial charge is 0.492 e. The van der Waals surface area contributed by atoms with E-state index in [0.717, 1.165) is 38.3 Å². The first kappa shape index (κ1) is 19.0. The van der Waals surface area contributed by atoms with Crippen LogP contribution in [0.5, 0.6) is 5.75 Å². The van der Waals surface area contributed by atoms with Crippen LogP contribution in [0.3, 0.4) is 0 Å². The normalized spacial score (nSPS) is 23.7. The van der Waals surface area contributed by atoms with E-state index in [1.807, 2.05) is 0 Å². The van der Waals surface area contributed by atoms with Gasteiger partial charge >= 0.3 is 5.97 Å². The lowest BCUT2D eigenvalue weighted by Crippen LogP contribution is -2.41. The van der Waals surface area contributed by atoms with Crippen molar-refractivity contribution < 1.29 is 23.8 Å². The number of pyridine rings is 1. The molecule has 1 aromatic carbocycles. The summed E-state index contributed by atoms with van der Waals surface area (Å²) in [5.41, 5.74) is -0.878. The number of carboxylic acid groups (broad SMARTS) is 1. The number of nitrogens with zero attached hydrogens (tertiary/aromatic N) is 2. The Morgan fingerprint density at radius 1 is 1.30 bits per heavy atom. The van der Waals surface area contributed by atoms with E-state index in [2.05, 4.69) is 5.32 Å². The number of carbonyl (C=O) groups excluding carboxylic acids is 1. The number of nitrogens with one attached hydrogen (secondary N) is 1. The van der Waals surface area contributed by atoms with Crippen molar-refractivity contribution in [1.82, 2.24) is 9.88 Å². The molecule has 2 aromatic rings. The molecule has 1 amide bonds. The van der Waals surface area contributed by atoms with Gasteiger partial charge in [0, 0.05) is 30.9 Å². The number of halogens is 1. The van der Waals surface area contributed by atoms with Crippen LogP contribution in [0.4, 0.5) is 10.1 Å². The summed E-state index contributed by atoms with van der Waals surface area (Å²) < 4.78 is 22.5. The van der Waals surface area contributed by atoms with Crippen molar-refractivity contribution in [2.75, 3.05) is 25.1 Å². The van der Waals surface area contributed by atoms with Gasteiger partial charge in [-0.1, -0.05) is 0 Å². The van der Waals surface area contributed by atoms with Gasteiger partial charge in [-0.3, -0.25) is 9.59 Å². The fourth-order valence-electron chi connectivity index (χ4n) is 4.80. The Balaban J connectivity index is 1.76. The summed E-state index contributed by atoms with van der Waals surface area (Å²) in [6, 6.07) is 1.09. The predicted octanol–water partition coefficient (Wildman–Crippen LogP) is 1.90. The lowest BCUT2D eigenvalue weighted by Gasteiger charge is -2.23. The minimum absolute atomic E-state index is 0.00488. The molecule has 3 fully saturated rings. The van der Waals surface area contributed by atoms with Gasteiger partial charge in [0.2, 0.25) is 11.3 Å². The molecule has 2 aliphatic heterocycles. The second kappa shape index (κ2) is 6.80. The maximum absolute atomic E-state index is 15.3. The van der Waals surface area contributed by atoms with Crippen molar-refractivity contribution in [1.29, 1.82) is 0 Å². The van der Waals surface area contributed by atoms with Crippen LogP contribution in [0.1, 0.15) is 42.1 Å². The third-order valence-electron chi connectivity index (χ3n) is 6.40. The van der Waals surface area contributed by atoms with Crippen LogP contribution in [-0.2, 0) is 4.79 Å². The van der Waals surface area contributed by atoms with Crippen molar-refractivity contribution >= 4 is 28.5 Å². The predicted molar refractivity (Wildman–Crippen MR) is 107 cm³/mol. The van der Waals surface area contributed by atoms with Gasteiger partial charge in [-0.05, 0) is 32.2 Å². The van der Waals surface area contributed by atoms with Gasteiger partial charge in [0.25, 0.3) is 0 Å². The molecule has 1 aromatic heterocycles. The molecule has 0 radical (unpaired) electrons. The van der Waals surface area contributed by atoms with Crippen LogP contribution in [0.2, 0.25) is 0 Å². The number of carbonyl (C=O) groups is 2. The number of aromatic nitrogens is 1. The zero-order valence-corrected chi connectivity index (χ0v) is 16.5. The molecule has 2 atom stereocenters. The Morgan fingerprint density at radius 2 is 2.07 bits per heavy atom. The summed E-state index contributed by atoms with van der Waals surface area (Å²) in [5, 5.41) is 12.5. The first-order valence-corrected chi connectivity index (χ1v) is 10.2. The zero-order valence-electron chi connectivity index (χ0n) is 16.5. The minimum Gasteiger partial charge on any atom is -0.492 e. The smallest absolute Gasteiger partial charge is 0.341 e. The Hall–Kier alpha value is -2.94. The molecule has 2 saturated heterocycles. The van der Waals surface area contributed by atoms with E-state index in [0.29, 0.717) is 6.54 Å². The van der Waals surface area contributed by atoms with Crippen LogP contribution in [0, 0.1) is 11.7 Å². The second-order valence-corrected chi connectivity index (χ2v) is 8.21. The average molecular weight is 415 g/mol. The van der Waals surface area contributed by atoms with E-state index in [-0.39, 0.29) is 46.2 Å². The number of benzene rings is 1. The van der Waals surface area contributed by atoms with Crippen molar-refractivity contribution in [3.63, 3.8) is 0 Å². The molecule has 0 unspecified atom stereocenters. The monoisotopic (exact) mass is 415 g/mol. The van der Waals surface area contributed by atoms with E-state index in [1.165, 1.54) is 18.2 Å². The van der Waals surface area contributed by atoms with Crippen LogP contribution in [-0.4, -0.2) is 47.8 Å². The average Bonchev–Trinajstić information content (AvgIpc) is 3.51. The number of piperidine rings is 1. The molecular weight excluding hydrogens is 393 g/mol. The standard InChI is InChI=1S/C21H22FN3O5/c1-30-19-15(25-9-14-11(20(25)27)3-2-6-23-14)7-13(22)16-17(19)24(10-4-5-10)8-12(18(16)26)21(28)29/h7-8,10-11,14,23H,2-6,9H2,1H3,(H,28,29)/t11-,14-/m0/s1. The molecule has 0 spiro atoms. The molecular formula is C21H22FN3O5. The van der Waals surface area contributed by atoms with Gasteiger partial charge in [-0.2, -0.15) is 0 Å². The quantitative estimate of drug-likeness (QED) is 0.791. The molecule has 3 heterocycles. The van der Waals surface area contributed by atoms with Crippen LogP contribution in [0.15, 0.2) is 17.1 Å². The van der Waals surface area contributed by atoms with Gasteiger partial charge < -0.3 is 24.6 Å². The van der Waals surface area contributed by atoms with Gasteiger partial charge in [0.1, 0.15) is 16.9 Å². The molecule has 158 valence electrons. The fourth-order valence-corrected chi connectivity index (χ4v) is 4.80. The molecule has 3 aliphatic rings. The number of carboxylic acids is 1. The Labute approximate surface area is 171 Å². The maximum Gasteiger partial charge on any atom is 0.341 e. The van der Waals surface area contributed by atoms with E-state index >= 15 is 4.39 Å². The first-order valence-electron chi connectivity index (χ1n) is 10.2. The molecule has 1 saturated carbocycles. The van der Waals surface area contributed by atoms with Crippen LogP contribution in [0.25, 0.3) is 10.9 Å². The number of amides is 1.